The molecule has 1 aliphatic heterocycles. The van der Waals surface area contributed by atoms with Crippen molar-refractivity contribution in [3.8, 4) is 0 Å². The third-order valence-electron chi connectivity index (χ3n) is 0.874. The average Bonchev–Trinajstić information content (AvgIpc) is 2.34. The summed E-state index contributed by atoms with van der Waals surface area (Å²) < 4.78 is 9.65. The lowest BCUT2D eigenvalue weighted by Crippen LogP contribution is -2.24. The number of rotatable bonds is 2. The summed E-state index contributed by atoms with van der Waals surface area (Å²) in [5.74, 6) is 0.837. The molecule has 1 saturated heterocycles. The predicted octanol–water partition coefficient (Wildman–Crippen LogP) is 1.88. The molecule has 1 heterocycles. The third kappa shape index (κ3) is 2.60. The van der Waals surface area contributed by atoms with Gasteiger partial charge in [-0.1, -0.05) is 22.6 Å². The number of nitrogens with zero attached hydrogens (tertiary/aromatic N) is 1. The molecule has 0 radical (unpaired) electrons. The minimum absolute atomic E-state index is 0.121. The van der Waals surface area contributed by atoms with E-state index < -0.39 is 5.56 Å². The lowest BCUT2D eigenvalue weighted by atomic mass is 10.9. The minimum Gasteiger partial charge on any atom is -0.759 e. The van der Waals surface area contributed by atoms with E-state index in [1.54, 1.807) is 0 Å². The molecular formula is C3H4I2NO3S-. The monoisotopic (exact) mass is 388 g/mol. The Hall–Kier alpha value is 1.65. The maximum atomic E-state index is 10.7. The van der Waals surface area contributed by atoms with E-state index >= 15 is 0 Å². The van der Waals surface area contributed by atoms with Gasteiger partial charge in [0.25, 0.3) is 0 Å². The molecule has 0 saturated carbocycles. The molecule has 0 aliphatic carbocycles. The fourth-order valence-corrected chi connectivity index (χ4v) is 2.74. The minimum atomic E-state index is -0.487. The van der Waals surface area contributed by atoms with E-state index in [0.717, 1.165) is 5.75 Å². The normalized spacial score (nSPS) is 33.6. The number of alkyl halides is 1. The van der Waals surface area contributed by atoms with Gasteiger partial charge in [0, 0.05) is 5.75 Å². The van der Waals surface area contributed by atoms with Crippen molar-refractivity contribution in [2.45, 2.75) is 9.67 Å². The quantitative estimate of drug-likeness (QED) is 0.411. The third-order valence-corrected chi connectivity index (χ3v) is 3.66. The van der Waals surface area contributed by atoms with E-state index in [1.807, 2.05) is 0 Å². The molecule has 1 rings (SSSR count). The molecule has 0 aromatic carbocycles. The van der Waals surface area contributed by atoms with Crippen LogP contribution in [0.2, 0.25) is 0 Å². The lowest BCUT2D eigenvalue weighted by molar-refractivity contribution is -0.0817. The summed E-state index contributed by atoms with van der Waals surface area (Å²) in [5.41, 5.74) is -0.487. The summed E-state index contributed by atoms with van der Waals surface area (Å²) in [6, 6.07) is 0. The van der Waals surface area contributed by atoms with Gasteiger partial charge in [-0.15, -0.1) is 11.8 Å². The number of halogens is 2. The van der Waals surface area contributed by atoms with Crippen molar-refractivity contribution in [3.63, 3.8) is 0 Å². The molecule has 4 nitrogen and oxygen atoms in total. The van der Waals surface area contributed by atoms with Crippen LogP contribution in [0.1, 0.15) is 0 Å². The number of thioether (sulfide) groups is 1. The molecule has 0 aromatic rings. The van der Waals surface area contributed by atoms with Crippen molar-refractivity contribution in [2.75, 3.05) is 5.75 Å². The smallest absolute Gasteiger partial charge is 0.171 e. The van der Waals surface area contributed by atoms with Gasteiger partial charge in [0.15, 0.2) is 5.56 Å². The summed E-state index contributed by atoms with van der Waals surface area (Å²) >= 11 is 5.10. The number of ether oxygens (including phenoxy) is 1. The summed E-state index contributed by atoms with van der Waals surface area (Å²) in [7, 11) is 0. The summed E-state index contributed by atoms with van der Waals surface area (Å²) in [4.78, 5) is 0. The van der Waals surface area contributed by atoms with E-state index in [0.29, 0.717) is 5.23 Å². The van der Waals surface area contributed by atoms with Crippen LogP contribution >= 0.6 is 57.4 Å². The molecule has 0 spiro atoms. The fourth-order valence-electron chi connectivity index (χ4n) is 0.506. The Morgan fingerprint density at radius 2 is 2.50 bits per heavy atom. The van der Waals surface area contributed by atoms with Gasteiger partial charge < -0.3 is 9.94 Å². The summed E-state index contributed by atoms with van der Waals surface area (Å²) in [6.45, 7) is 0. The summed E-state index contributed by atoms with van der Waals surface area (Å²) in [6.07, 6.45) is 0. The van der Waals surface area contributed by atoms with E-state index in [2.05, 4.69) is 25.8 Å². The van der Waals surface area contributed by atoms with Gasteiger partial charge in [0.2, 0.25) is 0 Å². The second-order valence-electron chi connectivity index (χ2n) is 1.54. The van der Waals surface area contributed by atoms with E-state index in [1.165, 1.54) is 34.8 Å². The molecule has 60 valence electrons. The Morgan fingerprint density at radius 1 is 1.80 bits per heavy atom. The van der Waals surface area contributed by atoms with Crippen LogP contribution in [-0.4, -0.2) is 20.7 Å². The Bertz CT molecular complexity index is 118. The van der Waals surface area contributed by atoms with Gasteiger partial charge in [-0.2, -0.15) is 0 Å². The van der Waals surface area contributed by atoms with Crippen LogP contribution in [0.5, 0.6) is 0 Å². The first-order chi connectivity index (χ1) is 4.74. The largest absolute Gasteiger partial charge is 0.759 e. The molecule has 1 aliphatic rings. The van der Waals surface area contributed by atoms with Crippen LogP contribution in [0.25, 0.3) is 0 Å². The van der Waals surface area contributed by atoms with Gasteiger partial charge >= 0.3 is 0 Å². The van der Waals surface area contributed by atoms with Crippen LogP contribution in [0.3, 0.4) is 0 Å². The molecule has 0 aromatic heterocycles. The van der Waals surface area contributed by atoms with Gasteiger partial charge in [-0.25, -0.2) is 8.39 Å². The Labute approximate surface area is 90.4 Å². The van der Waals surface area contributed by atoms with Gasteiger partial charge in [-0.05, 0) is 0 Å². The second kappa shape index (κ2) is 4.62. The molecule has 10 heavy (non-hydrogen) atoms. The fraction of sp³-hybridized carbons (Fsp3) is 1.00. The first-order valence-electron chi connectivity index (χ1n) is 2.40. The highest BCUT2D eigenvalue weighted by molar-refractivity contribution is 14.1. The molecule has 1 fully saturated rings. The van der Waals surface area contributed by atoms with Crippen molar-refractivity contribution in [1.29, 1.82) is 0 Å². The maximum Gasteiger partial charge on any atom is 0.171 e. The highest BCUT2D eigenvalue weighted by Gasteiger charge is 2.24. The van der Waals surface area contributed by atoms with Crippen molar-refractivity contribution >= 4 is 57.4 Å². The molecule has 0 bridgehead atoms. The van der Waals surface area contributed by atoms with E-state index in [-0.39, 0.29) is 4.11 Å². The molecular weight excluding hydrogens is 384 g/mol. The Morgan fingerprint density at radius 3 is 2.90 bits per heavy atom. The average molecular weight is 388 g/mol. The SMILES string of the molecule is [O-]N(OI)[C@@H]1O[C@H](I)CS1. The Kier molecular flexibility index (Phi) is 4.50. The topological polar surface area (TPSA) is 44.8 Å². The summed E-state index contributed by atoms with van der Waals surface area (Å²) in [5, 5.41) is 11.1. The van der Waals surface area contributed by atoms with Gasteiger partial charge in [0.1, 0.15) is 27.1 Å². The van der Waals surface area contributed by atoms with E-state index in [4.69, 9.17) is 4.74 Å². The highest BCUT2D eigenvalue weighted by atomic mass is 127. The highest BCUT2D eigenvalue weighted by Crippen LogP contribution is 2.30. The standard InChI is InChI=1S/C3H4I2NO3S/c4-2-1-10-3(8-2)6(7)9-5/h2-3H,1H2/q-1/t2-,3+/m0/s1. The van der Waals surface area contributed by atoms with E-state index in [9.17, 15) is 5.21 Å². The number of hydroxylamine groups is 2. The van der Waals surface area contributed by atoms with Crippen LogP contribution in [0.15, 0.2) is 0 Å². The molecule has 2 atom stereocenters. The lowest BCUT2D eigenvalue weighted by Gasteiger charge is -2.27. The van der Waals surface area contributed by atoms with Crippen LogP contribution in [0, 0.1) is 5.21 Å². The first kappa shape index (κ1) is 9.74. The van der Waals surface area contributed by atoms with Crippen LogP contribution in [0.4, 0.5) is 0 Å². The maximum absolute atomic E-state index is 10.7. The molecule has 0 amide bonds. The zero-order valence-corrected chi connectivity index (χ0v) is 9.83. The van der Waals surface area contributed by atoms with Crippen molar-refractivity contribution in [2.24, 2.45) is 0 Å². The first-order valence-corrected chi connectivity index (χ1v) is 5.58. The second-order valence-corrected chi connectivity index (χ2v) is 4.39. The Balaban J connectivity index is 2.29. The van der Waals surface area contributed by atoms with Crippen LogP contribution < -0.4 is 0 Å². The van der Waals surface area contributed by atoms with Crippen LogP contribution in [-0.2, 0) is 7.90 Å². The molecule has 0 N–H and O–H groups in total. The van der Waals surface area contributed by atoms with Crippen molar-refractivity contribution < 1.29 is 7.90 Å². The van der Waals surface area contributed by atoms with Gasteiger partial charge in [0.05, 0.1) is 0 Å². The predicted molar refractivity (Wildman–Crippen MR) is 55.5 cm³/mol. The molecule has 7 heteroatoms. The van der Waals surface area contributed by atoms with Crippen molar-refractivity contribution in [1.82, 2.24) is 5.23 Å². The zero-order valence-electron chi connectivity index (χ0n) is 4.70. The molecule has 0 unspecified atom stereocenters. The van der Waals surface area contributed by atoms with Gasteiger partial charge in [-0.3, -0.25) is 0 Å². The van der Waals surface area contributed by atoms with Crippen molar-refractivity contribution in [3.05, 3.63) is 5.21 Å². The zero-order chi connectivity index (χ0) is 7.56. The number of hydrogen-bond acceptors (Lipinski definition) is 5. The number of hydrogen-bond donors (Lipinski definition) is 0.